The van der Waals surface area contributed by atoms with Gasteiger partial charge in [-0.15, -0.1) is 0 Å². The van der Waals surface area contributed by atoms with Gasteiger partial charge in [0.1, 0.15) is 0 Å². The van der Waals surface area contributed by atoms with Crippen molar-refractivity contribution in [1.82, 2.24) is 0 Å². The Labute approximate surface area is 355 Å². The lowest BCUT2D eigenvalue weighted by molar-refractivity contribution is 0.484. The van der Waals surface area contributed by atoms with Crippen LogP contribution in [0.15, 0.2) is 187 Å². The highest BCUT2D eigenvalue weighted by atomic mass is 15.2. The second-order valence-electron chi connectivity index (χ2n) is 17.3. The maximum Gasteiger partial charge on any atom is 0.0420 e. The fourth-order valence-electron chi connectivity index (χ4n) is 11.3. The molecule has 0 atom stereocenters. The summed E-state index contributed by atoms with van der Waals surface area (Å²) in [6, 6.07) is 59.2. The topological polar surface area (TPSA) is 3.24 Å². The lowest BCUT2D eigenvalue weighted by atomic mass is 9.71. The molecule has 0 amide bonds. The van der Waals surface area contributed by atoms with Gasteiger partial charge in [-0.3, -0.25) is 0 Å². The minimum absolute atomic E-state index is 0.0177. The van der Waals surface area contributed by atoms with Crippen LogP contribution in [-0.4, -0.2) is 6.04 Å². The minimum Gasteiger partial charge on any atom is -0.341 e. The summed E-state index contributed by atoms with van der Waals surface area (Å²) in [5, 5.41) is 2.58. The molecule has 60 heavy (non-hydrogen) atoms. The predicted molar refractivity (Wildman–Crippen MR) is 255 cm³/mol. The molecular formula is C59H51N. The molecule has 4 aliphatic carbocycles. The van der Waals surface area contributed by atoms with E-state index in [2.05, 4.69) is 201 Å². The van der Waals surface area contributed by atoms with Crippen molar-refractivity contribution >= 4 is 34.2 Å². The third-order valence-electron chi connectivity index (χ3n) is 14.3. The van der Waals surface area contributed by atoms with Crippen LogP contribution in [0.5, 0.6) is 0 Å². The summed E-state index contributed by atoms with van der Waals surface area (Å²) in [5.74, 6) is 0. The SMILES string of the molecule is CCC1(CC)C2=C(CCC(/C=C/c3cc(-c4ccccc4)c4ccccc4c3-c3ccccc3)=C2)c2ccc(N(C3=Cc4ccccc4C3)C3Cc4ccccc4C3)cc21. The van der Waals surface area contributed by atoms with Crippen molar-refractivity contribution in [3.8, 4) is 22.3 Å². The Morgan fingerprint density at radius 3 is 1.95 bits per heavy atom. The van der Waals surface area contributed by atoms with Crippen molar-refractivity contribution in [2.75, 3.05) is 4.90 Å². The lowest BCUT2D eigenvalue weighted by Gasteiger charge is -2.35. The number of fused-ring (bicyclic) bond motifs is 5. The maximum absolute atomic E-state index is 2.73. The normalized spacial score (nSPS) is 16.4. The van der Waals surface area contributed by atoms with Crippen LogP contribution in [0.3, 0.4) is 0 Å². The van der Waals surface area contributed by atoms with Gasteiger partial charge in [-0.05, 0) is 151 Å². The van der Waals surface area contributed by atoms with Crippen LogP contribution in [0.4, 0.5) is 5.69 Å². The van der Waals surface area contributed by atoms with Crippen molar-refractivity contribution < 1.29 is 0 Å². The Hall–Kier alpha value is -6.44. The first-order valence-electron chi connectivity index (χ1n) is 22.2. The molecule has 0 aliphatic heterocycles. The number of rotatable bonds is 9. The summed E-state index contributed by atoms with van der Waals surface area (Å²) in [4.78, 5) is 2.73. The summed E-state index contributed by atoms with van der Waals surface area (Å²) in [7, 11) is 0. The molecule has 4 aliphatic rings. The maximum atomic E-state index is 2.73. The molecule has 0 N–H and O–H groups in total. The molecule has 0 bridgehead atoms. The van der Waals surface area contributed by atoms with Crippen LogP contribution in [0.1, 0.15) is 78.5 Å². The zero-order valence-corrected chi connectivity index (χ0v) is 34.8. The monoisotopic (exact) mass is 773 g/mol. The second-order valence-corrected chi connectivity index (χ2v) is 17.3. The fraction of sp³-hybridized carbons (Fsp3) is 0.186. The Balaban J connectivity index is 0.986. The zero-order valence-electron chi connectivity index (χ0n) is 34.8. The third kappa shape index (κ3) is 6.05. The van der Waals surface area contributed by atoms with Gasteiger partial charge in [0.25, 0.3) is 0 Å². The molecule has 292 valence electrons. The molecule has 0 aromatic heterocycles. The van der Waals surface area contributed by atoms with E-state index in [9.17, 15) is 0 Å². The molecule has 0 saturated heterocycles. The molecule has 7 aromatic rings. The van der Waals surface area contributed by atoms with Crippen molar-refractivity contribution in [3.63, 3.8) is 0 Å². The van der Waals surface area contributed by atoms with E-state index in [1.165, 1.54) is 88.9 Å². The highest BCUT2D eigenvalue weighted by Gasteiger charge is 2.43. The molecule has 0 unspecified atom stereocenters. The first kappa shape index (κ1) is 36.6. The van der Waals surface area contributed by atoms with E-state index in [1.54, 1.807) is 11.1 Å². The number of anilines is 1. The number of nitrogens with zero attached hydrogens (tertiary/aromatic N) is 1. The molecule has 1 nitrogen and oxygen atoms in total. The van der Waals surface area contributed by atoms with E-state index in [0.29, 0.717) is 6.04 Å². The van der Waals surface area contributed by atoms with E-state index in [-0.39, 0.29) is 5.41 Å². The highest BCUT2D eigenvalue weighted by Crippen LogP contribution is 2.56. The molecule has 11 rings (SSSR count). The van der Waals surface area contributed by atoms with Crippen molar-refractivity contribution in [3.05, 3.63) is 226 Å². The third-order valence-corrected chi connectivity index (χ3v) is 14.3. The van der Waals surface area contributed by atoms with Gasteiger partial charge in [-0.25, -0.2) is 0 Å². The quantitative estimate of drug-likeness (QED) is 0.141. The van der Waals surface area contributed by atoms with Crippen molar-refractivity contribution in [2.24, 2.45) is 0 Å². The van der Waals surface area contributed by atoms with Gasteiger partial charge in [0.15, 0.2) is 0 Å². The van der Waals surface area contributed by atoms with Crippen LogP contribution < -0.4 is 4.90 Å². The molecule has 0 fully saturated rings. The van der Waals surface area contributed by atoms with Crippen LogP contribution >= 0.6 is 0 Å². The van der Waals surface area contributed by atoms with E-state index in [0.717, 1.165) is 44.9 Å². The van der Waals surface area contributed by atoms with Gasteiger partial charge in [0.05, 0.1) is 0 Å². The minimum atomic E-state index is -0.0177. The van der Waals surface area contributed by atoms with Crippen molar-refractivity contribution in [1.29, 1.82) is 0 Å². The van der Waals surface area contributed by atoms with Crippen LogP contribution in [0.25, 0.3) is 50.8 Å². The van der Waals surface area contributed by atoms with Gasteiger partial charge >= 0.3 is 0 Å². The second kappa shape index (κ2) is 15.0. The Kier molecular flexibility index (Phi) is 9.15. The fourth-order valence-corrected chi connectivity index (χ4v) is 11.3. The average molecular weight is 774 g/mol. The summed E-state index contributed by atoms with van der Waals surface area (Å²) in [6.45, 7) is 4.84. The van der Waals surface area contributed by atoms with Gasteiger partial charge in [0, 0.05) is 29.3 Å². The number of benzene rings is 7. The smallest absolute Gasteiger partial charge is 0.0420 e. The Morgan fingerprint density at radius 1 is 0.583 bits per heavy atom. The molecule has 0 spiro atoms. The molecule has 0 saturated carbocycles. The van der Waals surface area contributed by atoms with Gasteiger partial charge in [0.2, 0.25) is 0 Å². The zero-order chi connectivity index (χ0) is 40.2. The molecule has 0 heterocycles. The number of hydrogen-bond donors (Lipinski definition) is 0. The summed E-state index contributed by atoms with van der Waals surface area (Å²) >= 11 is 0. The first-order chi connectivity index (χ1) is 29.6. The standard InChI is InChI=1S/C59H51N/c1-3-59(4-2)56-33-40(27-29-47-38-55(41-17-7-5-8-18-41)51-25-15-16-26-54(51)58(47)42-19-9-6-10-20-42)28-31-52(56)53-32-30-48(39-57(53)59)60(49-34-43-21-11-12-22-44(43)35-49)50-36-45-23-13-14-24-46(45)37-50/h5-27,29-30,32-34,38-39,50H,3-4,28,31,35-37H2,1-2H3/b29-27+. The molecule has 7 aromatic carbocycles. The van der Waals surface area contributed by atoms with Crippen molar-refractivity contribution in [2.45, 2.75) is 70.3 Å². The number of hydrogen-bond acceptors (Lipinski definition) is 1. The summed E-state index contributed by atoms with van der Waals surface area (Å²) < 4.78 is 0. The van der Waals surface area contributed by atoms with E-state index in [1.807, 2.05) is 0 Å². The lowest BCUT2D eigenvalue weighted by Crippen LogP contribution is -2.36. The van der Waals surface area contributed by atoms with Crippen LogP contribution in [0.2, 0.25) is 0 Å². The van der Waals surface area contributed by atoms with Gasteiger partial charge < -0.3 is 4.90 Å². The van der Waals surface area contributed by atoms with Gasteiger partial charge in [-0.2, -0.15) is 0 Å². The summed E-state index contributed by atoms with van der Waals surface area (Å²) in [5.41, 5.74) is 22.4. The van der Waals surface area contributed by atoms with E-state index in [4.69, 9.17) is 0 Å². The Morgan fingerprint density at radius 2 is 1.23 bits per heavy atom. The average Bonchev–Trinajstić information content (AvgIpc) is 4.01. The highest BCUT2D eigenvalue weighted by molar-refractivity contribution is 6.08. The molecule has 1 heteroatoms. The van der Waals surface area contributed by atoms with Crippen LogP contribution in [0, 0.1) is 0 Å². The summed E-state index contributed by atoms with van der Waals surface area (Å²) in [6.07, 6.45) is 17.3. The van der Waals surface area contributed by atoms with E-state index < -0.39 is 0 Å². The largest absolute Gasteiger partial charge is 0.341 e. The number of allylic oxidation sites excluding steroid dienone is 6. The molecule has 0 radical (unpaired) electrons. The van der Waals surface area contributed by atoms with E-state index >= 15 is 0 Å². The van der Waals surface area contributed by atoms with Crippen LogP contribution in [-0.2, 0) is 24.7 Å². The Bertz CT molecular complexity index is 2890. The predicted octanol–water partition coefficient (Wildman–Crippen LogP) is 15.0. The molecular weight excluding hydrogens is 723 g/mol. The first-order valence-corrected chi connectivity index (χ1v) is 22.2. The van der Waals surface area contributed by atoms with Gasteiger partial charge in [-0.1, -0.05) is 172 Å².